The summed E-state index contributed by atoms with van der Waals surface area (Å²) in [6.07, 6.45) is 2.30. The molecule has 2 aromatic carbocycles. The van der Waals surface area contributed by atoms with Crippen LogP contribution in [0.25, 0.3) is 10.9 Å². The van der Waals surface area contributed by atoms with Crippen molar-refractivity contribution in [3.8, 4) is 0 Å². The summed E-state index contributed by atoms with van der Waals surface area (Å²) in [5.41, 5.74) is 2.37. The molecule has 3 rings (SSSR count). The minimum absolute atomic E-state index is 0.0234. The van der Waals surface area contributed by atoms with Crippen LogP contribution in [-0.4, -0.2) is 28.0 Å². The highest BCUT2D eigenvalue weighted by Crippen LogP contribution is 2.31. The van der Waals surface area contributed by atoms with E-state index in [0.29, 0.717) is 35.5 Å². The smallest absolute Gasteiger partial charge is 0.293 e. The molecule has 0 aliphatic rings. The molecule has 0 aliphatic carbocycles. The van der Waals surface area contributed by atoms with Crippen LogP contribution in [0, 0.1) is 10.1 Å². The second kappa shape index (κ2) is 7.57. The molecule has 7 nitrogen and oxygen atoms in total. The zero-order valence-electron chi connectivity index (χ0n) is 13.9. The van der Waals surface area contributed by atoms with E-state index in [1.54, 1.807) is 6.07 Å². The van der Waals surface area contributed by atoms with Crippen LogP contribution in [0.3, 0.4) is 0 Å². The Morgan fingerprint density at radius 2 is 1.92 bits per heavy atom. The Bertz CT molecular complexity index is 883. The van der Waals surface area contributed by atoms with Crippen molar-refractivity contribution >= 4 is 28.1 Å². The average molecular weight is 337 g/mol. The number of rotatable bonds is 7. The normalized spacial score (nSPS) is 10.6. The Labute approximate surface area is 145 Å². The number of aromatic nitrogens is 2. The van der Waals surface area contributed by atoms with E-state index in [0.717, 1.165) is 6.42 Å². The predicted octanol–water partition coefficient (Wildman–Crippen LogP) is 3.62. The number of nitro benzene ring substituents is 1. The molecule has 25 heavy (non-hydrogen) atoms. The molecule has 0 fully saturated rings. The predicted molar refractivity (Wildman–Crippen MR) is 99.0 cm³/mol. The number of benzene rings is 2. The number of hydrogen-bond acceptors (Lipinski definition) is 6. The summed E-state index contributed by atoms with van der Waals surface area (Å²) in [5.74, 6) is 0.604. The lowest BCUT2D eigenvalue weighted by atomic mass is 10.1. The fourth-order valence-corrected chi connectivity index (χ4v) is 2.69. The number of nitrogens with zero attached hydrogens (tertiary/aromatic N) is 3. The van der Waals surface area contributed by atoms with Gasteiger partial charge in [0.05, 0.1) is 10.4 Å². The first-order valence-corrected chi connectivity index (χ1v) is 8.14. The highest BCUT2D eigenvalue weighted by atomic mass is 16.6. The van der Waals surface area contributed by atoms with Crippen LogP contribution < -0.4 is 10.6 Å². The van der Waals surface area contributed by atoms with Crippen molar-refractivity contribution in [2.24, 2.45) is 0 Å². The van der Waals surface area contributed by atoms with Gasteiger partial charge in [-0.3, -0.25) is 10.1 Å². The Hall–Kier alpha value is -3.22. The van der Waals surface area contributed by atoms with Crippen LogP contribution in [0.1, 0.15) is 12.5 Å². The van der Waals surface area contributed by atoms with Gasteiger partial charge < -0.3 is 10.6 Å². The number of nitro groups is 1. The standard InChI is InChI=1S/C18H19N5O2/c1-2-19-16-11-15-14(10-17(16)23(24)25)18(22-12-21-15)20-9-8-13-6-4-3-5-7-13/h3-7,10-12,19H,2,8-9H2,1H3,(H,20,21,22). The second-order valence-corrected chi connectivity index (χ2v) is 5.56. The van der Waals surface area contributed by atoms with Crippen LogP contribution in [0.15, 0.2) is 48.8 Å². The van der Waals surface area contributed by atoms with E-state index in [4.69, 9.17) is 0 Å². The maximum atomic E-state index is 11.4. The first-order chi connectivity index (χ1) is 12.2. The van der Waals surface area contributed by atoms with E-state index in [-0.39, 0.29) is 5.69 Å². The van der Waals surface area contributed by atoms with Gasteiger partial charge in [-0.15, -0.1) is 0 Å². The Kier molecular flexibility index (Phi) is 5.03. The molecule has 0 unspecified atom stereocenters. The van der Waals surface area contributed by atoms with Crippen molar-refractivity contribution in [3.63, 3.8) is 0 Å². The minimum atomic E-state index is -0.391. The lowest BCUT2D eigenvalue weighted by Gasteiger charge is -2.10. The minimum Gasteiger partial charge on any atom is -0.380 e. The topological polar surface area (TPSA) is 93.0 Å². The van der Waals surface area contributed by atoms with Crippen molar-refractivity contribution in [3.05, 3.63) is 64.5 Å². The lowest BCUT2D eigenvalue weighted by Crippen LogP contribution is -2.08. The molecule has 0 amide bonds. The van der Waals surface area contributed by atoms with Crippen LogP contribution in [0.5, 0.6) is 0 Å². The molecule has 0 saturated carbocycles. The third-order valence-corrected chi connectivity index (χ3v) is 3.87. The summed E-state index contributed by atoms with van der Waals surface area (Å²) in [4.78, 5) is 19.5. The van der Waals surface area contributed by atoms with Gasteiger partial charge in [-0.2, -0.15) is 0 Å². The zero-order valence-corrected chi connectivity index (χ0v) is 13.9. The van der Waals surface area contributed by atoms with E-state index in [9.17, 15) is 10.1 Å². The maximum Gasteiger partial charge on any atom is 0.293 e. The molecule has 0 aliphatic heterocycles. The molecule has 1 aromatic heterocycles. The Morgan fingerprint density at radius 3 is 2.64 bits per heavy atom. The highest BCUT2D eigenvalue weighted by Gasteiger charge is 2.17. The van der Waals surface area contributed by atoms with E-state index in [1.807, 2.05) is 25.1 Å². The molecule has 7 heteroatoms. The zero-order chi connectivity index (χ0) is 17.6. The van der Waals surface area contributed by atoms with E-state index >= 15 is 0 Å². The Morgan fingerprint density at radius 1 is 1.12 bits per heavy atom. The van der Waals surface area contributed by atoms with Gasteiger partial charge in [0.25, 0.3) is 5.69 Å². The summed E-state index contributed by atoms with van der Waals surface area (Å²) in [6, 6.07) is 13.3. The van der Waals surface area contributed by atoms with Crippen LogP contribution >= 0.6 is 0 Å². The number of fused-ring (bicyclic) bond motifs is 1. The summed E-state index contributed by atoms with van der Waals surface area (Å²) >= 11 is 0. The van der Waals surface area contributed by atoms with Gasteiger partial charge in [0, 0.05) is 24.5 Å². The molecule has 0 atom stereocenters. The molecule has 0 radical (unpaired) electrons. The molecule has 0 saturated heterocycles. The molecular weight excluding hydrogens is 318 g/mol. The van der Waals surface area contributed by atoms with Gasteiger partial charge >= 0.3 is 0 Å². The first kappa shape index (κ1) is 16.6. The van der Waals surface area contributed by atoms with Gasteiger partial charge in [0.15, 0.2) is 0 Å². The van der Waals surface area contributed by atoms with Gasteiger partial charge in [0.2, 0.25) is 0 Å². The van der Waals surface area contributed by atoms with Gasteiger partial charge in [0.1, 0.15) is 17.8 Å². The first-order valence-electron chi connectivity index (χ1n) is 8.14. The summed E-state index contributed by atoms with van der Waals surface area (Å²) in [7, 11) is 0. The summed E-state index contributed by atoms with van der Waals surface area (Å²) in [6.45, 7) is 3.17. The van der Waals surface area contributed by atoms with Crippen LogP contribution in [-0.2, 0) is 6.42 Å². The third-order valence-electron chi connectivity index (χ3n) is 3.87. The lowest BCUT2D eigenvalue weighted by molar-refractivity contribution is -0.383. The molecule has 2 N–H and O–H groups in total. The van der Waals surface area contributed by atoms with Gasteiger partial charge in [-0.05, 0) is 25.0 Å². The van der Waals surface area contributed by atoms with E-state index in [1.165, 1.54) is 18.0 Å². The summed E-state index contributed by atoms with van der Waals surface area (Å²) in [5, 5.41) is 18.3. The molecule has 3 aromatic rings. The van der Waals surface area contributed by atoms with E-state index < -0.39 is 4.92 Å². The molecule has 128 valence electrons. The maximum absolute atomic E-state index is 11.4. The van der Waals surface area contributed by atoms with Crippen molar-refractivity contribution in [1.29, 1.82) is 0 Å². The van der Waals surface area contributed by atoms with Crippen molar-refractivity contribution < 1.29 is 4.92 Å². The monoisotopic (exact) mass is 337 g/mol. The second-order valence-electron chi connectivity index (χ2n) is 5.56. The van der Waals surface area contributed by atoms with Crippen molar-refractivity contribution in [2.75, 3.05) is 23.7 Å². The quantitative estimate of drug-likeness (QED) is 0.505. The number of nitrogens with one attached hydrogen (secondary N) is 2. The van der Waals surface area contributed by atoms with Crippen LogP contribution in [0.4, 0.5) is 17.2 Å². The summed E-state index contributed by atoms with van der Waals surface area (Å²) < 4.78 is 0. The highest BCUT2D eigenvalue weighted by molar-refractivity contribution is 5.94. The van der Waals surface area contributed by atoms with Crippen molar-refractivity contribution in [2.45, 2.75) is 13.3 Å². The Balaban J connectivity index is 1.87. The SMILES string of the molecule is CCNc1cc2ncnc(NCCc3ccccc3)c2cc1[N+](=O)[O-]. The fourth-order valence-electron chi connectivity index (χ4n) is 2.69. The average Bonchev–Trinajstić information content (AvgIpc) is 2.62. The molecular formula is C18H19N5O2. The fraction of sp³-hybridized carbons (Fsp3) is 0.222. The molecule has 0 bridgehead atoms. The molecule has 0 spiro atoms. The van der Waals surface area contributed by atoms with Crippen molar-refractivity contribution in [1.82, 2.24) is 9.97 Å². The number of anilines is 2. The third kappa shape index (κ3) is 3.82. The molecule has 1 heterocycles. The number of hydrogen-bond donors (Lipinski definition) is 2. The van der Waals surface area contributed by atoms with Gasteiger partial charge in [-0.1, -0.05) is 30.3 Å². The van der Waals surface area contributed by atoms with E-state index in [2.05, 4.69) is 32.7 Å². The van der Waals surface area contributed by atoms with Gasteiger partial charge in [-0.25, -0.2) is 9.97 Å². The van der Waals surface area contributed by atoms with Crippen LogP contribution in [0.2, 0.25) is 0 Å². The largest absolute Gasteiger partial charge is 0.380 e.